The van der Waals surface area contributed by atoms with Crippen LogP contribution in [-0.2, 0) is 0 Å². The van der Waals surface area contributed by atoms with E-state index >= 15 is 0 Å². The molecule has 0 heterocycles. The van der Waals surface area contributed by atoms with Gasteiger partial charge in [0.25, 0.3) is 0 Å². The van der Waals surface area contributed by atoms with Gasteiger partial charge in [0.1, 0.15) is 26.2 Å². The average molecular weight is 148 g/mol. The molecule has 0 aliphatic carbocycles. The first-order chi connectivity index (χ1) is 4.72. The van der Waals surface area contributed by atoms with Crippen LogP contribution in [-0.4, -0.2) is 32.2 Å². The van der Waals surface area contributed by atoms with Crippen molar-refractivity contribution < 1.29 is 16.4 Å². The van der Waals surface area contributed by atoms with E-state index in [0.29, 0.717) is 0 Å². The molecule has 62 valence electrons. The fourth-order valence-electron chi connectivity index (χ4n) is 1.16. The van der Waals surface area contributed by atoms with Gasteiger partial charge in [-0.3, -0.25) is 0 Å². The van der Waals surface area contributed by atoms with Gasteiger partial charge in [-0.1, -0.05) is 0 Å². The van der Waals surface area contributed by atoms with Crippen LogP contribution in [0.2, 0.25) is 0 Å². The summed E-state index contributed by atoms with van der Waals surface area (Å²) < 4.78 is 0. The minimum Gasteiger partial charge on any atom is -0.353 e. The molecular formula is C7H22N3+3. The second kappa shape index (κ2) is 5.65. The van der Waals surface area contributed by atoms with E-state index in [1.165, 1.54) is 13.1 Å². The van der Waals surface area contributed by atoms with Crippen LogP contribution in [0.25, 0.3) is 0 Å². The van der Waals surface area contributed by atoms with E-state index in [1.54, 1.807) is 4.90 Å². The van der Waals surface area contributed by atoms with Gasteiger partial charge in [0.15, 0.2) is 0 Å². The first kappa shape index (κ1) is 9.88. The molecule has 0 rings (SSSR count). The number of nitrogens with one attached hydrogen (secondary N) is 1. The molecule has 0 aliphatic rings. The molecule has 3 heteroatoms. The summed E-state index contributed by atoms with van der Waals surface area (Å²) in [5, 5.41) is 0. The molecule has 0 saturated carbocycles. The van der Waals surface area contributed by atoms with Gasteiger partial charge >= 0.3 is 0 Å². The van der Waals surface area contributed by atoms with E-state index in [0.717, 1.165) is 19.1 Å². The molecule has 0 aliphatic heterocycles. The summed E-state index contributed by atoms with van der Waals surface area (Å²) in [5.41, 5.74) is 7.70. The smallest absolute Gasteiger partial charge is 0.127 e. The zero-order valence-electron chi connectivity index (χ0n) is 7.32. The molecular weight excluding hydrogens is 126 g/mol. The van der Waals surface area contributed by atoms with Crippen molar-refractivity contribution in [3.63, 3.8) is 0 Å². The van der Waals surface area contributed by atoms with Crippen molar-refractivity contribution in [3.05, 3.63) is 0 Å². The molecule has 0 aromatic carbocycles. The lowest BCUT2D eigenvalue weighted by atomic mass is 10.3. The SMILES string of the molecule is CC(C)[NH+](CC[NH3+])CC[NH3+]. The van der Waals surface area contributed by atoms with E-state index in [1.807, 2.05) is 0 Å². The lowest BCUT2D eigenvalue weighted by molar-refractivity contribution is -0.930. The maximum atomic E-state index is 3.85. The van der Waals surface area contributed by atoms with Crippen LogP contribution < -0.4 is 16.4 Å². The highest BCUT2D eigenvalue weighted by molar-refractivity contribution is 4.34. The van der Waals surface area contributed by atoms with Crippen LogP contribution in [0.4, 0.5) is 0 Å². The summed E-state index contributed by atoms with van der Waals surface area (Å²) in [6.07, 6.45) is 0. The van der Waals surface area contributed by atoms with Gasteiger partial charge in [0.05, 0.1) is 6.04 Å². The van der Waals surface area contributed by atoms with Crippen LogP contribution in [0.3, 0.4) is 0 Å². The highest BCUT2D eigenvalue weighted by Gasteiger charge is 2.11. The molecule has 0 atom stereocenters. The molecule has 10 heavy (non-hydrogen) atoms. The quantitative estimate of drug-likeness (QED) is 0.367. The summed E-state index contributed by atoms with van der Waals surface area (Å²) in [6, 6.07) is 0.725. The van der Waals surface area contributed by atoms with Gasteiger partial charge < -0.3 is 16.4 Å². The Labute approximate surface area is 63.4 Å². The standard InChI is InChI=1S/C7H19N3/c1-7(2)10(5-3-8)6-4-9/h7H,3-6,8-9H2,1-2H3/p+3. The third-order valence-electron chi connectivity index (χ3n) is 1.81. The van der Waals surface area contributed by atoms with Gasteiger partial charge in [-0.25, -0.2) is 0 Å². The largest absolute Gasteiger partial charge is 0.353 e. The summed E-state index contributed by atoms with van der Waals surface area (Å²) in [7, 11) is 0. The summed E-state index contributed by atoms with van der Waals surface area (Å²) >= 11 is 0. The second-order valence-corrected chi connectivity index (χ2v) is 3.02. The van der Waals surface area contributed by atoms with Crippen LogP contribution in [0, 0.1) is 0 Å². The lowest BCUT2D eigenvalue weighted by Crippen LogP contribution is -3.17. The van der Waals surface area contributed by atoms with Crippen molar-refractivity contribution in [3.8, 4) is 0 Å². The van der Waals surface area contributed by atoms with Crippen molar-refractivity contribution in [2.24, 2.45) is 0 Å². The van der Waals surface area contributed by atoms with Gasteiger partial charge in [-0.2, -0.15) is 0 Å². The Hall–Kier alpha value is -0.120. The van der Waals surface area contributed by atoms with Crippen LogP contribution in [0.5, 0.6) is 0 Å². The minimum atomic E-state index is 0.725. The van der Waals surface area contributed by atoms with Gasteiger partial charge in [-0.15, -0.1) is 0 Å². The molecule has 7 N–H and O–H groups in total. The first-order valence-electron chi connectivity index (χ1n) is 4.15. The van der Waals surface area contributed by atoms with E-state index in [-0.39, 0.29) is 0 Å². The monoisotopic (exact) mass is 148 g/mol. The third kappa shape index (κ3) is 3.82. The molecule has 0 saturated heterocycles. The maximum absolute atomic E-state index is 3.85. The normalized spacial score (nSPS) is 11.4. The lowest BCUT2D eigenvalue weighted by Gasteiger charge is -2.19. The Morgan fingerprint density at radius 3 is 1.70 bits per heavy atom. The van der Waals surface area contributed by atoms with Crippen LogP contribution >= 0.6 is 0 Å². The van der Waals surface area contributed by atoms with Gasteiger partial charge in [0.2, 0.25) is 0 Å². The molecule has 0 radical (unpaired) electrons. The Morgan fingerprint density at radius 2 is 1.50 bits per heavy atom. The fourth-order valence-corrected chi connectivity index (χ4v) is 1.16. The van der Waals surface area contributed by atoms with Crippen molar-refractivity contribution in [2.45, 2.75) is 19.9 Å². The minimum absolute atomic E-state index is 0.725. The number of rotatable bonds is 5. The van der Waals surface area contributed by atoms with E-state index in [2.05, 4.69) is 25.3 Å². The topological polar surface area (TPSA) is 59.7 Å². The van der Waals surface area contributed by atoms with Crippen molar-refractivity contribution in [2.75, 3.05) is 26.2 Å². The number of hydrogen-bond acceptors (Lipinski definition) is 0. The molecule has 0 aromatic heterocycles. The number of quaternary nitrogens is 3. The highest BCUT2D eigenvalue weighted by Crippen LogP contribution is 1.65. The predicted octanol–water partition coefficient (Wildman–Crippen LogP) is -3.24. The Kier molecular flexibility index (Phi) is 5.58. The summed E-state index contributed by atoms with van der Waals surface area (Å²) in [4.78, 5) is 1.63. The zero-order valence-corrected chi connectivity index (χ0v) is 7.32. The maximum Gasteiger partial charge on any atom is 0.127 e. The van der Waals surface area contributed by atoms with Crippen LogP contribution in [0.1, 0.15) is 13.8 Å². The average Bonchev–Trinajstić information content (AvgIpc) is 1.87. The van der Waals surface area contributed by atoms with Gasteiger partial charge in [0, 0.05) is 0 Å². The molecule has 0 bridgehead atoms. The Morgan fingerprint density at radius 1 is 1.10 bits per heavy atom. The van der Waals surface area contributed by atoms with Crippen LogP contribution in [0.15, 0.2) is 0 Å². The molecule has 3 nitrogen and oxygen atoms in total. The third-order valence-corrected chi connectivity index (χ3v) is 1.81. The highest BCUT2D eigenvalue weighted by atomic mass is 15.2. The zero-order chi connectivity index (χ0) is 7.98. The van der Waals surface area contributed by atoms with Gasteiger partial charge in [-0.05, 0) is 13.8 Å². The number of hydrogen-bond donors (Lipinski definition) is 3. The van der Waals surface area contributed by atoms with Crippen molar-refractivity contribution in [1.29, 1.82) is 0 Å². The molecule has 0 amide bonds. The molecule has 0 spiro atoms. The van der Waals surface area contributed by atoms with E-state index in [9.17, 15) is 0 Å². The fraction of sp³-hybridized carbons (Fsp3) is 1.00. The van der Waals surface area contributed by atoms with Crippen molar-refractivity contribution >= 4 is 0 Å². The second-order valence-electron chi connectivity index (χ2n) is 3.02. The first-order valence-corrected chi connectivity index (χ1v) is 4.15. The predicted molar refractivity (Wildman–Crippen MR) is 41.3 cm³/mol. The molecule has 0 aromatic rings. The summed E-state index contributed by atoms with van der Waals surface area (Å²) in [5.74, 6) is 0. The molecule has 0 unspecified atom stereocenters. The van der Waals surface area contributed by atoms with E-state index < -0.39 is 0 Å². The summed E-state index contributed by atoms with van der Waals surface area (Å²) in [6.45, 7) is 8.95. The Balaban J connectivity index is 3.50. The molecule has 0 fully saturated rings. The van der Waals surface area contributed by atoms with E-state index in [4.69, 9.17) is 0 Å². The Bertz CT molecular complexity index is 67.3. The van der Waals surface area contributed by atoms with Crippen molar-refractivity contribution in [1.82, 2.24) is 0 Å².